The number of nitrogens with one attached hydrogen (secondary N) is 1. The summed E-state index contributed by atoms with van der Waals surface area (Å²) >= 11 is 0. The Bertz CT molecular complexity index is 1180. The molecule has 3 aromatic carbocycles. The number of carbonyl (C=O) groups excluding carboxylic acids is 2. The zero-order valence-electron chi connectivity index (χ0n) is 17.8. The quantitative estimate of drug-likeness (QED) is 0.587. The molecule has 8 heteroatoms. The Morgan fingerprint density at radius 1 is 1.06 bits per heavy atom. The molecule has 170 valence electrons. The molecule has 3 aromatic rings. The fourth-order valence-electron chi connectivity index (χ4n) is 3.70. The molecular weight excluding hydrogens is 433 g/mol. The lowest BCUT2D eigenvalue weighted by Crippen LogP contribution is -2.38. The van der Waals surface area contributed by atoms with E-state index in [0.29, 0.717) is 23.4 Å². The van der Waals surface area contributed by atoms with Crippen molar-refractivity contribution in [3.05, 3.63) is 94.8 Å². The summed E-state index contributed by atoms with van der Waals surface area (Å²) in [6.07, 6.45) is -0.247. The molecule has 1 atom stereocenters. The molecule has 33 heavy (non-hydrogen) atoms. The Morgan fingerprint density at radius 2 is 1.76 bits per heavy atom. The standard InChI is InChI=1S/C25H21F3N2O3/c1-2-21-25(32)30(13-15-6-8-17(26)9-7-15)14-16-12-18(10-11-22(16)33-21)29-24(31)23-19(27)4-3-5-20(23)28/h3-12,21H,2,13-14H2,1H3,(H,29,31)/t21-/m1/s1. The van der Waals surface area contributed by atoms with Crippen molar-refractivity contribution < 1.29 is 27.5 Å². The van der Waals surface area contributed by atoms with Crippen LogP contribution in [0.1, 0.15) is 34.8 Å². The van der Waals surface area contributed by atoms with E-state index in [2.05, 4.69) is 5.32 Å². The van der Waals surface area contributed by atoms with Gasteiger partial charge in [0, 0.05) is 24.3 Å². The average Bonchev–Trinajstić information content (AvgIpc) is 2.91. The SMILES string of the molecule is CC[C@H]1Oc2ccc(NC(=O)c3c(F)cccc3F)cc2CN(Cc2ccc(F)cc2)C1=O. The molecule has 0 saturated carbocycles. The number of hydrogen-bond acceptors (Lipinski definition) is 3. The van der Waals surface area contributed by atoms with Gasteiger partial charge < -0.3 is 15.0 Å². The summed E-state index contributed by atoms with van der Waals surface area (Å²) in [4.78, 5) is 27.1. The van der Waals surface area contributed by atoms with Crippen LogP contribution in [0.5, 0.6) is 5.75 Å². The number of nitrogens with zero attached hydrogens (tertiary/aromatic N) is 1. The average molecular weight is 454 g/mol. The first-order valence-corrected chi connectivity index (χ1v) is 10.4. The van der Waals surface area contributed by atoms with Crippen LogP contribution >= 0.6 is 0 Å². The maximum absolute atomic E-state index is 14.0. The zero-order chi connectivity index (χ0) is 23.5. The van der Waals surface area contributed by atoms with Crippen LogP contribution in [-0.2, 0) is 17.9 Å². The van der Waals surface area contributed by atoms with Crippen LogP contribution in [0.25, 0.3) is 0 Å². The Morgan fingerprint density at radius 3 is 2.42 bits per heavy atom. The van der Waals surface area contributed by atoms with Gasteiger partial charge in [0.1, 0.15) is 28.8 Å². The van der Waals surface area contributed by atoms with Crippen molar-refractivity contribution >= 4 is 17.5 Å². The lowest BCUT2D eigenvalue weighted by molar-refractivity contribution is -0.139. The van der Waals surface area contributed by atoms with Crippen LogP contribution in [0.4, 0.5) is 18.9 Å². The predicted octanol–water partition coefficient (Wildman–Crippen LogP) is 5.06. The molecule has 5 nitrogen and oxygen atoms in total. The van der Waals surface area contributed by atoms with Crippen LogP contribution in [-0.4, -0.2) is 22.8 Å². The van der Waals surface area contributed by atoms with Crippen molar-refractivity contribution in [3.63, 3.8) is 0 Å². The van der Waals surface area contributed by atoms with E-state index in [1.807, 2.05) is 6.92 Å². The molecule has 1 aliphatic heterocycles. The number of fused-ring (bicyclic) bond motifs is 1. The Balaban J connectivity index is 1.60. The van der Waals surface area contributed by atoms with E-state index in [0.717, 1.165) is 17.7 Å². The third-order valence-electron chi connectivity index (χ3n) is 5.38. The second-order valence-electron chi connectivity index (χ2n) is 7.71. The molecule has 0 aliphatic carbocycles. The smallest absolute Gasteiger partial charge is 0.264 e. The van der Waals surface area contributed by atoms with E-state index >= 15 is 0 Å². The summed E-state index contributed by atoms with van der Waals surface area (Å²) in [5.74, 6) is -2.96. The van der Waals surface area contributed by atoms with E-state index in [9.17, 15) is 22.8 Å². The van der Waals surface area contributed by atoms with E-state index in [4.69, 9.17) is 4.74 Å². The largest absolute Gasteiger partial charge is 0.480 e. The molecule has 2 amide bonds. The summed E-state index contributed by atoms with van der Waals surface area (Å²) in [6.45, 7) is 2.26. The summed E-state index contributed by atoms with van der Waals surface area (Å²) in [7, 11) is 0. The number of amides is 2. The molecule has 0 aromatic heterocycles. The van der Waals surface area contributed by atoms with Crippen molar-refractivity contribution in [1.29, 1.82) is 0 Å². The van der Waals surface area contributed by atoms with Crippen molar-refractivity contribution in [2.24, 2.45) is 0 Å². The van der Waals surface area contributed by atoms with Crippen LogP contribution in [0.2, 0.25) is 0 Å². The summed E-state index contributed by atoms with van der Waals surface area (Å²) in [6, 6.07) is 13.8. The van der Waals surface area contributed by atoms with Gasteiger partial charge in [0.15, 0.2) is 6.10 Å². The number of halogens is 3. The number of benzene rings is 3. The van der Waals surface area contributed by atoms with Gasteiger partial charge in [-0.15, -0.1) is 0 Å². The van der Waals surface area contributed by atoms with Crippen molar-refractivity contribution in [2.75, 3.05) is 5.32 Å². The van der Waals surface area contributed by atoms with Gasteiger partial charge in [-0.2, -0.15) is 0 Å². The molecule has 1 N–H and O–H groups in total. The lowest BCUT2D eigenvalue weighted by atomic mass is 10.1. The minimum atomic E-state index is -0.965. The van der Waals surface area contributed by atoms with E-state index in [1.54, 1.807) is 35.2 Å². The molecule has 1 heterocycles. The Hall–Kier alpha value is -3.81. The number of ether oxygens (including phenoxy) is 1. The second-order valence-corrected chi connectivity index (χ2v) is 7.71. The summed E-state index contributed by atoms with van der Waals surface area (Å²) in [5, 5.41) is 2.50. The molecule has 0 radical (unpaired) electrons. The Kier molecular flexibility index (Phi) is 6.35. The van der Waals surface area contributed by atoms with E-state index < -0.39 is 29.2 Å². The molecule has 0 unspecified atom stereocenters. The third-order valence-corrected chi connectivity index (χ3v) is 5.38. The lowest BCUT2D eigenvalue weighted by Gasteiger charge is -2.23. The van der Waals surface area contributed by atoms with Gasteiger partial charge in [-0.05, 0) is 54.4 Å². The fraction of sp³-hybridized carbons (Fsp3) is 0.200. The van der Waals surface area contributed by atoms with Crippen LogP contribution in [0.3, 0.4) is 0 Å². The van der Waals surface area contributed by atoms with Crippen molar-refractivity contribution in [3.8, 4) is 5.75 Å². The Labute approximate surface area is 188 Å². The fourth-order valence-corrected chi connectivity index (χ4v) is 3.70. The van der Waals surface area contributed by atoms with Gasteiger partial charge in [0.25, 0.3) is 11.8 Å². The zero-order valence-corrected chi connectivity index (χ0v) is 17.8. The number of rotatable bonds is 5. The molecular formula is C25H21F3N2O3. The monoisotopic (exact) mass is 454 g/mol. The maximum atomic E-state index is 14.0. The maximum Gasteiger partial charge on any atom is 0.264 e. The third kappa shape index (κ3) is 4.84. The van der Waals surface area contributed by atoms with Crippen LogP contribution in [0, 0.1) is 17.5 Å². The molecule has 0 saturated heterocycles. The normalized spacial score (nSPS) is 15.5. The van der Waals surface area contributed by atoms with Gasteiger partial charge in [-0.3, -0.25) is 9.59 Å². The van der Waals surface area contributed by atoms with Gasteiger partial charge in [0.05, 0.1) is 0 Å². The minimum absolute atomic E-state index is 0.180. The highest BCUT2D eigenvalue weighted by molar-refractivity contribution is 6.04. The molecule has 0 spiro atoms. The molecule has 4 rings (SSSR count). The molecule has 0 fully saturated rings. The molecule has 1 aliphatic rings. The van der Waals surface area contributed by atoms with Gasteiger partial charge in [-0.1, -0.05) is 25.1 Å². The number of carbonyl (C=O) groups is 2. The number of anilines is 1. The first-order chi connectivity index (χ1) is 15.9. The van der Waals surface area contributed by atoms with E-state index in [-0.39, 0.29) is 24.8 Å². The topological polar surface area (TPSA) is 58.6 Å². The van der Waals surface area contributed by atoms with Crippen LogP contribution in [0.15, 0.2) is 60.7 Å². The van der Waals surface area contributed by atoms with E-state index in [1.165, 1.54) is 18.2 Å². The highest BCUT2D eigenvalue weighted by Crippen LogP contribution is 2.30. The highest BCUT2D eigenvalue weighted by atomic mass is 19.1. The highest BCUT2D eigenvalue weighted by Gasteiger charge is 2.30. The van der Waals surface area contributed by atoms with Crippen molar-refractivity contribution in [2.45, 2.75) is 32.5 Å². The second kappa shape index (κ2) is 9.36. The first-order valence-electron chi connectivity index (χ1n) is 10.4. The summed E-state index contributed by atoms with van der Waals surface area (Å²) < 4.78 is 47.1. The van der Waals surface area contributed by atoms with Gasteiger partial charge in [-0.25, -0.2) is 13.2 Å². The first kappa shape index (κ1) is 22.4. The summed E-state index contributed by atoms with van der Waals surface area (Å²) in [5.41, 5.74) is 0.993. The molecule has 0 bridgehead atoms. The van der Waals surface area contributed by atoms with Crippen LogP contribution < -0.4 is 10.1 Å². The van der Waals surface area contributed by atoms with Crippen molar-refractivity contribution in [1.82, 2.24) is 4.90 Å². The minimum Gasteiger partial charge on any atom is -0.480 e. The predicted molar refractivity (Wildman–Crippen MR) is 116 cm³/mol. The van der Waals surface area contributed by atoms with Gasteiger partial charge in [0.2, 0.25) is 0 Å². The number of hydrogen-bond donors (Lipinski definition) is 1. The van der Waals surface area contributed by atoms with Gasteiger partial charge >= 0.3 is 0 Å².